The molecule has 1 N–H and O–H groups in total. The molecule has 1 aliphatic rings. The number of carbonyl (C=O) groups excluding carboxylic acids is 1. The summed E-state index contributed by atoms with van der Waals surface area (Å²) in [7, 11) is 1.49. The lowest BCUT2D eigenvalue weighted by atomic mass is 10.1. The van der Waals surface area contributed by atoms with E-state index in [-0.39, 0.29) is 11.7 Å². The number of hydrogen-bond donors (Lipinski definition) is 1. The fourth-order valence-electron chi connectivity index (χ4n) is 2.54. The average Bonchev–Trinajstić information content (AvgIpc) is 2.89. The van der Waals surface area contributed by atoms with Gasteiger partial charge in [0.15, 0.2) is 11.5 Å². The second kappa shape index (κ2) is 7.72. The summed E-state index contributed by atoms with van der Waals surface area (Å²) in [5.74, 6) is 0.251. The van der Waals surface area contributed by atoms with Crippen molar-refractivity contribution in [2.45, 2.75) is 6.42 Å². The summed E-state index contributed by atoms with van der Waals surface area (Å²) in [5, 5.41) is 10.2. The predicted molar refractivity (Wildman–Crippen MR) is 105 cm³/mol. The second-order valence-corrected chi connectivity index (χ2v) is 7.14. The Morgan fingerprint density at radius 2 is 1.96 bits per heavy atom. The van der Waals surface area contributed by atoms with Crippen LogP contribution in [-0.4, -0.2) is 33.9 Å². The van der Waals surface area contributed by atoms with E-state index in [0.717, 1.165) is 12.0 Å². The maximum Gasteiger partial charge on any atom is 0.266 e. The molecule has 0 aromatic heterocycles. The smallest absolute Gasteiger partial charge is 0.266 e. The summed E-state index contributed by atoms with van der Waals surface area (Å²) in [6.45, 7) is 0.538. The molecule has 1 aliphatic heterocycles. The highest BCUT2D eigenvalue weighted by atomic mass is 32.2. The van der Waals surface area contributed by atoms with Gasteiger partial charge in [-0.25, -0.2) is 0 Å². The van der Waals surface area contributed by atoms with E-state index in [1.54, 1.807) is 29.2 Å². The number of hydrogen-bond acceptors (Lipinski definition) is 5. The van der Waals surface area contributed by atoms with Crippen LogP contribution in [0.5, 0.6) is 11.5 Å². The molecule has 1 fully saturated rings. The number of aromatic hydroxyl groups is 1. The highest BCUT2D eigenvalue weighted by Gasteiger charge is 2.31. The lowest BCUT2D eigenvalue weighted by Gasteiger charge is -2.14. The van der Waals surface area contributed by atoms with Gasteiger partial charge in [-0.15, -0.1) is 0 Å². The third-order valence-corrected chi connectivity index (χ3v) is 5.26. The molecule has 0 aliphatic carbocycles. The van der Waals surface area contributed by atoms with Crippen molar-refractivity contribution in [2.24, 2.45) is 0 Å². The normalized spacial score (nSPS) is 15.9. The molecule has 2 aromatic carbocycles. The first-order valence-corrected chi connectivity index (χ1v) is 8.98. The van der Waals surface area contributed by atoms with E-state index in [1.165, 1.54) is 18.9 Å². The summed E-state index contributed by atoms with van der Waals surface area (Å²) in [4.78, 5) is 14.8. The molecule has 6 heteroatoms. The van der Waals surface area contributed by atoms with Gasteiger partial charge in [0, 0.05) is 12.1 Å². The van der Waals surface area contributed by atoms with Crippen LogP contribution in [0.2, 0.25) is 0 Å². The van der Waals surface area contributed by atoms with Gasteiger partial charge in [-0.2, -0.15) is 0 Å². The molecule has 25 heavy (non-hydrogen) atoms. The third kappa shape index (κ3) is 3.86. The SMILES string of the molecule is COc1cccc(/C=C2\SC(=S)N(CCc3ccccc3)C2=O)c1O. The van der Waals surface area contributed by atoms with Gasteiger partial charge in [-0.05, 0) is 24.1 Å². The van der Waals surface area contributed by atoms with Crippen LogP contribution in [0.25, 0.3) is 6.08 Å². The van der Waals surface area contributed by atoms with E-state index < -0.39 is 0 Å². The van der Waals surface area contributed by atoms with Crippen molar-refractivity contribution in [1.29, 1.82) is 0 Å². The number of rotatable bonds is 5. The molecule has 1 heterocycles. The van der Waals surface area contributed by atoms with Gasteiger partial charge in [-0.1, -0.05) is 66.4 Å². The van der Waals surface area contributed by atoms with Gasteiger partial charge in [0.25, 0.3) is 5.91 Å². The largest absolute Gasteiger partial charge is 0.504 e. The van der Waals surface area contributed by atoms with Crippen LogP contribution in [0.4, 0.5) is 0 Å². The highest BCUT2D eigenvalue weighted by Crippen LogP contribution is 2.36. The third-order valence-electron chi connectivity index (χ3n) is 3.88. The maximum atomic E-state index is 12.6. The summed E-state index contributed by atoms with van der Waals surface area (Å²) in [6.07, 6.45) is 2.39. The minimum Gasteiger partial charge on any atom is -0.504 e. The molecule has 0 unspecified atom stereocenters. The minimum atomic E-state index is -0.131. The van der Waals surface area contributed by atoms with Crippen molar-refractivity contribution in [2.75, 3.05) is 13.7 Å². The van der Waals surface area contributed by atoms with Gasteiger partial charge in [0.05, 0.1) is 12.0 Å². The number of amides is 1. The van der Waals surface area contributed by atoms with E-state index >= 15 is 0 Å². The van der Waals surface area contributed by atoms with Gasteiger partial charge in [0.2, 0.25) is 0 Å². The Kier molecular flexibility index (Phi) is 5.40. The Bertz CT molecular complexity index is 834. The standard InChI is InChI=1S/C19H17NO3S2/c1-23-15-9-5-8-14(17(15)21)12-16-18(22)20(19(24)25-16)11-10-13-6-3-2-4-7-13/h2-9,12,21H,10-11H2,1H3/b16-12-. The van der Waals surface area contributed by atoms with Crippen LogP contribution >= 0.6 is 24.0 Å². The van der Waals surface area contributed by atoms with Crippen molar-refractivity contribution >= 4 is 40.3 Å². The molecule has 2 aromatic rings. The Morgan fingerprint density at radius 1 is 1.20 bits per heavy atom. The van der Waals surface area contributed by atoms with Gasteiger partial charge in [0.1, 0.15) is 4.32 Å². The summed E-state index contributed by atoms with van der Waals surface area (Å²) >= 11 is 6.60. The van der Waals surface area contributed by atoms with Gasteiger partial charge in [-0.3, -0.25) is 9.69 Å². The molecule has 0 bridgehead atoms. The second-order valence-electron chi connectivity index (χ2n) is 5.47. The van der Waals surface area contributed by atoms with E-state index in [4.69, 9.17) is 17.0 Å². The molecule has 1 saturated heterocycles. The van der Waals surface area contributed by atoms with Crippen LogP contribution in [0.15, 0.2) is 53.4 Å². The number of ether oxygens (including phenoxy) is 1. The summed E-state index contributed by atoms with van der Waals surface area (Å²) < 4.78 is 5.64. The monoisotopic (exact) mass is 371 g/mol. The number of phenolic OH excluding ortho intramolecular Hbond substituents is 1. The first-order valence-electron chi connectivity index (χ1n) is 7.75. The average molecular weight is 371 g/mol. The highest BCUT2D eigenvalue weighted by molar-refractivity contribution is 8.26. The van der Waals surface area contributed by atoms with Crippen LogP contribution in [0.1, 0.15) is 11.1 Å². The van der Waals surface area contributed by atoms with Crippen molar-refractivity contribution < 1.29 is 14.6 Å². The maximum absolute atomic E-state index is 12.6. The van der Waals surface area contributed by atoms with Crippen molar-refractivity contribution in [3.63, 3.8) is 0 Å². The molecular weight excluding hydrogens is 354 g/mol. The Labute approximate surface area is 156 Å². The zero-order valence-corrected chi connectivity index (χ0v) is 15.3. The first-order chi connectivity index (χ1) is 12.1. The van der Waals surface area contributed by atoms with E-state index in [0.29, 0.717) is 27.1 Å². The molecule has 0 spiro atoms. The topological polar surface area (TPSA) is 49.8 Å². The summed E-state index contributed by atoms with van der Waals surface area (Å²) in [5.41, 5.74) is 1.69. The fraction of sp³-hybridized carbons (Fsp3) is 0.158. The van der Waals surface area contributed by atoms with Crippen LogP contribution in [0, 0.1) is 0 Å². The zero-order valence-electron chi connectivity index (χ0n) is 13.6. The zero-order chi connectivity index (χ0) is 17.8. The molecule has 3 rings (SSSR count). The van der Waals surface area contributed by atoms with Crippen molar-refractivity contribution in [3.05, 3.63) is 64.6 Å². The minimum absolute atomic E-state index is 0.0135. The molecular formula is C19H17NO3S2. The van der Waals surface area contributed by atoms with Crippen LogP contribution in [0.3, 0.4) is 0 Å². The summed E-state index contributed by atoms with van der Waals surface area (Å²) in [6, 6.07) is 15.1. The Balaban J connectivity index is 1.77. The number of phenols is 1. The molecule has 1 amide bonds. The number of nitrogens with zero attached hydrogens (tertiary/aromatic N) is 1. The number of benzene rings is 2. The van der Waals surface area contributed by atoms with Crippen LogP contribution < -0.4 is 4.74 Å². The lowest BCUT2D eigenvalue weighted by molar-refractivity contribution is -0.122. The fourth-order valence-corrected chi connectivity index (χ4v) is 3.84. The Morgan fingerprint density at radius 3 is 2.68 bits per heavy atom. The first kappa shape index (κ1) is 17.5. The van der Waals surface area contributed by atoms with E-state index in [1.807, 2.05) is 30.3 Å². The number of methoxy groups -OCH3 is 1. The van der Waals surface area contributed by atoms with Gasteiger partial charge < -0.3 is 9.84 Å². The van der Waals surface area contributed by atoms with E-state index in [2.05, 4.69) is 0 Å². The van der Waals surface area contributed by atoms with Gasteiger partial charge >= 0.3 is 0 Å². The number of para-hydroxylation sites is 1. The molecule has 4 nitrogen and oxygen atoms in total. The quantitative estimate of drug-likeness (QED) is 0.639. The van der Waals surface area contributed by atoms with Crippen molar-refractivity contribution in [1.82, 2.24) is 4.90 Å². The molecule has 0 atom stereocenters. The number of thioether (sulfide) groups is 1. The molecule has 0 radical (unpaired) electrons. The lowest BCUT2D eigenvalue weighted by Crippen LogP contribution is -2.30. The number of thiocarbonyl (C=S) groups is 1. The van der Waals surface area contributed by atoms with Crippen LogP contribution in [-0.2, 0) is 11.2 Å². The predicted octanol–water partition coefficient (Wildman–Crippen LogP) is 3.84. The number of carbonyl (C=O) groups is 1. The molecule has 128 valence electrons. The molecule has 0 saturated carbocycles. The Hall–Kier alpha value is -2.31. The van der Waals surface area contributed by atoms with E-state index in [9.17, 15) is 9.90 Å². The van der Waals surface area contributed by atoms with Crippen molar-refractivity contribution in [3.8, 4) is 11.5 Å².